The Morgan fingerprint density at radius 2 is 1.82 bits per heavy atom. The summed E-state index contributed by atoms with van der Waals surface area (Å²) in [6.07, 6.45) is 2.95. The standard InChI is InChI=1S/C26H27N5O2/c1-27-14-18-5-2-3-6-19(18)15-28-16-23(32)30-21-9-8-17-12-26(13-20(17)11-21)22-7-4-10-29-24(22)31-25(26)33/h2-11,27-28H,12-16H2,1H3,(H,30,32)(H,29,31,33)/t26-/m1/s1. The highest BCUT2D eigenvalue weighted by Crippen LogP contribution is 2.46. The third-order valence-corrected chi connectivity index (χ3v) is 6.55. The van der Waals surface area contributed by atoms with E-state index in [2.05, 4.69) is 38.4 Å². The molecule has 33 heavy (non-hydrogen) atoms. The number of nitrogens with one attached hydrogen (secondary N) is 4. The molecule has 0 unspecified atom stereocenters. The number of aromatic nitrogens is 1. The molecule has 0 saturated heterocycles. The maximum absolute atomic E-state index is 12.9. The molecule has 1 spiro atoms. The van der Waals surface area contributed by atoms with Crippen LogP contribution in [0.2, 0.25) is 0 Å². The van der Waals surface area contributed by atoms with Gasteiger partial charge in [-0.3, -0.25) is 9.59 Å². The van der Waals surface area contributed by atoms with Gasteiger partial charge in [0, 0.05) is 30.5 Å². The summed E-state index contributed by atoms with van der Waals surface area (Å²) < 4.78 is 0. The van der Waals surface area contributed by atoms with Gasteiger partial charge in [0.1, 0.15) is 5.82 Å². The van der Waals surface area contributed by atoms with Gasteiger partial charge in [0.15, 0.2) is 0 Å². The topological polar surface area (TPSA) is 95.1 Å². The number of amides is 2. The number of fused-ring (bicyclic) bond motifs is 3. The molecular weight excluding hydrogens is 414 g/mol. The van der Waals surface area contributed by atoms with Gasteiger partial charge in [-0.15, -0.1) is 0 Å². The summed E-state index contributed by atoms with van der Waals surface area (Å²) in [7, 11) is 1.92. The van der Waals surface area contributed by atoms with E-state index in [1.165, 1.54) is 11.1 Å². The van der Waals surface area contributed by atoms with Gasteiger partial charge in [-0.05, 0) is 60.3 Å². The van der Waals surface area contributed by atoms with Gasteiger partial charge in [0.25, 0.3) is 0 Å². The second kappa shape index (κ2) is 8.77. The van der Waals surface area contributed by atoms with E-state index in [0.717, 1.165) is 28.9 Å². The lowest BCUT2D eigenvalue weighted by atomic mass is 9.79. The second-order valence-electron chi connectivity index (χ2n) is 8.72. The first-order valence-electron chi connectivity index (χ1n) is 11.2. The van der Waals surface area contributed by atoms with Gasteiger partial charge in [0.2, 0.25) is 11.8 Å². The molecular formula is C26H27N5O2. The number of pyridine rings is 1. The maximum Gasteiger partial charge on any atom is 0.238 e. The minimum absolute atomic E-state index is 0.000685. The van der Waals surface area contributed by atoms with Crippen molar-refractivity contribution in [2.24, 2.45) is 0 Å². The van der Waals surface area contributed by atoms with Crippen molar-refractivity contribution in [2.45, 2.75) is 31.3 Å². The highest BCUT2D eigenvalue weighted by molar-refractivity contribution is 6.06. The predicted molar refractivity (Wildman–Crippen MR) is 128 cm³/mol. The van der Waals surface area contributed by atoms with Crippen LogP contribution in [0, 0.1) is 0 Å². The van der Waals surface area contributed by atoms with Crippen molar-refractivity contribution in [2.75, 3.05) is 24.2 Å². The highest BCUT2D eigenvalue weighted by atomic mass is 16.2. The van der Waals surface area contributed by atoms with E-state index >= 15 is 0 Å². The molecule has 3 aromatic rings. The normalized spacial score (nSPS) is 18.2. The Balaban J connectivity index is 1.22. The average Bonchev–Trinajstić information content (AvgIpc) is 3.32. The molecule has 0 radical (unpaired) electrons. The number of hydrogen-bond donors (Lipinski definition) is 4. The second-order valence-corrected chi connectivity index (χ2v) is 8.72. The molecule has 1 aliphatic carbocycles. The van der Waals surface area contributed by atoms with Gasteiger partial charge < -0.3 is 21.3 Å². The quantitative estimate of drug-likeness (QED) is 0.452. The average molecular weight is 442 g/mol. The van der Waals surface area contributed by atoms with Crippen molar-refractivity contribution in [3.8, 4) is 0 Å². The van der Waals surface area contributed by atoms with Crippen LogP contribution >= 0.6 is 0 Å². The van der Waals surface area contributed by atoms with Crippen LogP contribution in [-0.4, -0.2) is 30.4 Å². The number of benzene rings is 2. The summed E-state index contributed by atoms with van der Waals surface area (Å²) in [5, 5.41) is 12.3. The van der Waals surface area contributed by atoms with Crippen molar-refractivity contribution in [3.05, 3.63) is 88.6 Å². The van der Waals surface area contributed by atoms with Gasteiger partial charge in [-0.1, -0.05) is 36.4 Å². The first-order chi connectivity index (χ1) is 16.1. The largest absolute Gasteiger partial charge is 0.325 e. The molecule has 1 atom stereocenters. The Bertz CT molecular complexity index is 1220. The van der Waals surface area contributed by atoms with Crippen LogP contribution in [-0.2, 0) is 40.9 Å². The van der Waals surface area contributed by atoms with Crippen molar-refractivity contribution in [1.29, 1.82) is 0 Å². The zero-order chi connectivity index (χ0) is 22.8. The number of carbonyl (C=O) groups excluding carboxylic acids is 2. The van der Waals surface area contributed by atoms with E-state index < -0.39 is 5.41 Å². The van der Waals surface area contributed by atoms with Crippen molar-refractivity contribution in [1.82, 2.24) is 15.6 Å². The summed E-state index contributed by atoms with van der Waals surface area (Å²) in [6, 6.07) is 18.0. The maximum atomic E-state index is 12.9. The van der Waals surface area contributed by atoms with E-state index in [4.69, 9.17) is 0 Å². The number of anilines is 2. The predicted octanol–water partition coefficient (Wildman–Crippen LogP) is 2.52. The fourth-order valence-electron chi connectivity index (χ4n) is 4.95. The fourth-order valence-corrected chi connectivity index (χ4v) is 4.95. The van der Waals surface area contributed by atoms with Crippen LogP contribution < -0.4 is 21.3 Å². The SMILES string of the molecule is CNCc1ccccc1CNCC(=O)Nc1ccc2c(c1)C[C@@]1(C2)C(=O)Nc2ncccc21. The van der Waals surface area contributed by atoms with Gasteiger partial charge in [-0.25, -0.2) is 4.98 Å². The monoisotopic (exact) mass is 441 g/mol. The molecule has 2 amide bonds. The summed E-state index contributed by atoms with van der Waals surface area (Å²) >= 11 is 0. The van der Waals surface area contributed by atoms with E-state index in [9.17, 15) is 9.59 Å². The Kier molecular flexibility index (Phi) is 5.66. The van der Waals surface area contributed by atoms with Crippen LogP contribution in [0.5, 0.6) is 0 Å². The Morgan fingerprint density at radius 1 is 1.03 bits per heavy atom. The molecule has 7 nitrogen and oxygen atoms in total. The van der Waals surface area contributed by atoms with Crippen LogP contribution in [0.15, 0.2) is 60.8 Å². The van der Waals surface area contributed by atoms with Crippen LogP contribution in [0.1, 0.15) is 27.8 Å². The summed E-state index contributed by atoms with van der Waals surface area (Å²) in [5.41, 5.74) is 5.72. The Morgan fingerprint density at radius 3 is 2.64 bits per heavy atom. The van der Waals surface area contributed by atoms with Crippen molar-refractivity contribution < 1.29 is 9.59 Å². The summed E-state index contributed by atoms with van der Waals surface area (Å²) in [5.74, 6) is 0.564. The zero-order valence-corrected chi connectivity index (χ0v) is 18.6. The molecule has 0 fully saturated rings. The Labute approximate surface area is 193 Å². The summed E-state index contributed by atoms with van der Waals surface area (Å²) in [4.78, 5) is 29.7. The molecule has 0 saturated carbocycles. The fraction of sp³-hybridized carbons (Fsp3) is 0.269. The third-order valence-electron chi connectivity index (χ3n) is 6.55. The summed E-state index contributed by atoms with van der Waals surface area (Å²) in [6.45, 7) is 1.64. The van der Waals surface area contributed by atoms with E-state index in [1.54, 1.807) is 6.20 Å². The molecule has 2 aromatic carbocycles. The first kappa shape index (κ1) is 21.3. The van der Waals surface area contributed by atoms with Gasteiger partial charge >= 0.3 is 0 Å². The van der Waals surface area contributed by atoms with E-state index in [0.29, 0.717) is 25.2 Å². The first-order valence-corrected chi connectivity index (χ1v) is 11.2. The third kappa shape index (κ3) is 4.01. The van der Waals surface area contributed by atoms with Gasteiger partial charge in [0.05, 0.1) is 12.0 Å². The molecule has 7 heteroatoms. The van der Waals surface area contributed by atoms with E-state index in [-0.39, 0.29) is 18.4 Å². The Hall–Kier alpha value is -3.55. The lowest BCUT2D eigenvalue weighted by molar-refractivity contribution is -0.120. The number of hydrogen-bond acceptors (Lipinski definition) is 5. The zero-order valence-electron chi connectivity index (χ0n) is 18.6. The molecule has 2 aliphatic rings. The highest BCUT2D eigenvalue weighted by Gasteiger charge is 2.51. The number of carbonyl (C=O) groups is 2. The van der Waals surface area contributed by atoms with Crippen LogP contribution in [0.3, 0.4) is 0 Å². The molecule has 5 rings (SSSR count). The number of rotatable bonds is 7. The minimum atomic E-state index is -0.600. The molecule has 2 heterocycles. The number of nitrogens with zero attached hydrogens (tertiary/aromatic N) is 1. The van der Waals surface area contributed by atoms with Crippen LogP contribution in [0.25, 0.3) is 0 Å². The molecule has 1 aromatic heterocycles. The molecule has 1 aliphatic heterocycles. The smallest absolute Gasteiger partial charge is 0.238 e. The molecule has 4 N–H and O–H groups in total. The van der Waals surface area contributed by atoms with Crippen molar-refractivity contribution in [3.63, 3.8) is 0 Å². The van der Waals surface area contributed by atoms with E-state index in [1.807, 2.05) is 49.5 Å². The lowest BCUT2D eigenvalue weighted by Crippen LogP contribution is -2.35. The minimum Gasteiger partial charge on any atom is -0.325 e. The van der Waals surface area contributed by atoms with Crippen molar-refractivity contribution >= 4 is 23.3 Å². The lowest BCUT2D eigenvalue weighted by Gasteiger charge is -2.20. The molecule has 0 bridgehead atoms. The van der Waals surface area contributed by atoms with Gasteiger partial charge in [-0.2, -0.15) is 0 Å². The molecule has 168 valence electrons. The van der Waals surface area contributed by atoms with Crippen LogP contribution in [0.4, 0.5) is 11.5 Å².